The third kappa shape index (κ3) is 2.73. The fourth-order valence-corrected chi connectivity index (χ4v) is 2.15. The van der Waals surface area contributed by atoms with Crippen molar-refractivity contribution >= 4 is 33.8 Å². The molecule has 0 saturated carbocycles. The second-order valence-electron chi connectivity index (χ2n) is 3.50. The predicted octanol–water partition coefficient (Wildman–Crippen LogP) is 0.313. The summed E-state index contributed by atoms with van der Waals surface area (Å²) in [6.07, 6.45) is 0. The number of hydrogen-bond acceptors (Lipinski definition) is 7. The molecular formula is C11H13BrO7. The lowest BCUT2D eigenvalue weighted by molar-refractivity contribution is -0.145. The van der Waals surface area contributed by atoms with E-state index < -0.39 is 22.2 Å². The summed E-state index contributed by atoms with van der Waals surface area (Å²) in [7, 11) is 2.28. The summed E-state index contributed by atoms with van der Waals surface area (Å²) < 4.78 is 17.4. The molecule has 1 aliphatic rings. The average Bonchev–Trinajstić information content (AvgIpc) is 2.76. The monoisotopic (exact) mass is 336 g/mol. The van der Waals surface area contributed by atoms with Gasteiger partial charge in [0, 0.05) is 0 Å². The van der Waals surface area contributed by atoms with Gasteiger partial charge in [0.1, 0.15) is 12.2 Å². The number of rotatable bonds is 4. The zero-order valence-electron chi connectivity index (χ0n) is 10.6. The molecule has 19 heavy (non-hydrogen) atoms. The van der Waals surface area contributed by atoms with E-state index in [2.05, 4.69) is 25.4 Å². The first-order chi connectivity index (χ1) is 8.92. The number of esters is 3. The highest BCUT2D eigenvalue weighted by Gasteiger charge is 2.54. The minimum Gasteiger partial charge on any atom is -0.484 e. The van der Waals surface area contributed by atoms with Crippen LogP contribution in [0.1, 0.15) is 6.92 Å². The fraction of sp³-hybridized carbons (Fsp3) is 0.545. The molecule has 106 valence electrons. The topological polar surface area (TPSA) is 88.1 Å². The summed E-state index contributed by atoms with van der Waals surface area (Å²) in [4.78, 5) is 35.2. The van der Waals surface area contributed by atoms with Gasteiger partial charge in [0.25, 0.3) is 0 Å². The lowest BCUT2D eigenvalue weighted by Gasteiger charge is -2.18. The molecular weight excluding hydrogens is 324 g/mol. The second-order valence-corrected chi connectivity index (χ2v) is 4.85. The molecule has 7 nitrogen and oxygen atoms in total. The molecule has 0 saturated heterocycles. The van der Waals surface area contributed by atoms with E-state index in [1.165, 1.54) is 0 Å². The highest BCUT2D eigenvalue weighted by Crippen LogP contribution is 2.39. The Morgan fingerprint density at radius 2 is 1.89 bits per heavy atom. The van der Waals surface area contributed by atoms with Crippen LogP contribution in [0, 0.1) is 0 Å². The van der Waals surface area contributed by atoms with Crippen molar-refractivity contribution in [2.24, 2.45) is 0 Å². The van der Waals surface area contributed by atoms with Gasteiger partial charge in [0.15, 0.2) is 4.32 Å². The van der Waals surface area contributed by atoms with Gasteiger partial charge in [-0.25, -0.2) is 9.59 Å². The maximum Gasteiger partial charge on any atom is 0.374 e. The SMILES string of the molecule is CCOC(=O)C1=C(C(=O)OC)C(Br)(C(=O)OC)CO1. The molecule has 1 rings (SSSR count). The Morgan fingerprint density at radius 3 is 2.37 bits per heavy atom. The van der Waals surface area contributed by atoms with Crippen LogP contribution in [-0.2, 0) is 33.3 Å². The Labute approximate surface area is 117 Å². The van der Waals surface area contributed by atoms with Gasteiger partial charge in [-0.3, -0.25) is 4.79 Å². The number of alkyl halides is 1. The van der Waals surface area contributed by atoms with Crippen molar-refractivity contribution in [2.75, 3.05) is 27.4 Å². The third-order valence-corrected chi connectivity index (χ3v) is 3.35. The van der Waals surface area contributed by atoms with E-state index in [-0.39, 0.29) is 24.5 Å². The molecule has 0 radical (unpaired) electrons. The molecule has 0 aromatic carbocycles. The molecule has 1 atom stereocenters. The highest BCUT2D eigenvalue weighted by atomic mass is 79.9. The molecule has 1 unspecified atom stereocenters. The number of methoxy groups -OCH3 is 2. The Morgan fingerprint density at radius 1 is 1.26 bits per heavy atom. The molecule has 1 aliphatic heterocycles. The number of carbonyl (C=O) groups is 3. The number of halogens is 1. The Kier molecular flexibility index (Phi) is 4.93. The van der Waals surface area contributed by atoms with Crippen LogP contribution in [0.3, 0.4) is 0 Å². The second kappa shape index (κ2) is 6.05. The van der Waals surface area contributed by atoms with E-state index in [0.29, 0.717) is 0 Å². The van der Waals surface area contributed by atoms with Gasteiger partial charge in [-0.15, -0.1) is 0 Å². The maximum absolute atomic E-state index is 11.8. The molecule has 1 heterocycles. The molecule has 0 bridgehead atoms. The van der Waals surface area contributed by atoms with Crippen molar-refractivity contribution in [3.8, 4) is 0 Å². The predicted molar refractivity (Wildman–Crippen MR) is 65.3 cm³/mol. The van der Waals surface area contributed by atoms with Gasteiger partial charge in [-0.05, 0) is 6.92 Å². The molecule has 0 aliphatic carbocycles. The lowest BCUT2D eigenvalue weighted by Crippen LogP contribution is -2.39. The molecule has 8 heteroatoms. The zero-order valence-corrected chi connectivity index (χ0v) is 12.2. The molecule has 0 N–H and O–H groups in total. The minimum absolute atomic E-state index is 0.105. The summed E-state index contributed by atoms with van der Waals surface area (Å²) in [6, 6.07) is 0. The van der Waals surface area contributed by atoms with Crippen LogP contribution < -0.4 is 0 Å². The molecule has 0 amide bonds. The van der Waals surface area contributed by atoms with E-state index >= 15 is 0 Å². The standard InChI is InChI=1S/C11H13BrO7/c1-4-18-9(14)7-6(8(13)16-2)11(12,5-19-7)10(15)17-3/h4-5H2,1-3H3. The first-order valence-corrected chi connectivity index (χ1v) is 6.12. The van der Waals surface area contributed by atoms with Crippen LogP contribution in [0.4, 0.5) is 0 Å². The van der Waals surface area contributed by atoms with Crippen molar-refractivity contribution in [3.05, 3.63) is 11.3 Å². The van der Waals surface area contributed by atoms with Gasteiger partial charge in [0.05, 0.1) is 20.8 Å². The quantitative estimate of drug-likeness (QED) is 0.414. The van der Waals surface area contributed by atoms with Crippen LogP contribution in [-0.4, -0.2) is 49.7 Å². The van der Waals surface area contributed by atoms with Gasteiger partial charge in [0.2, 0.25) is 5.76 Å². The Hall–Kier alpha value is -1.57. The van der Waals surface area contributed by atoms with Crippen molar-refractivity contribution in [2.45, 2.75) is 11.2 Å². The Bertz CT molecular complexity index is 442. The lowest BCUT2D eigenvalue weighted by atomic mass is 10.0. The molecule has 0 fully saturated rings. The fourth-order valence-electron chi connectivity index (χ4n) is 1.53. The summed E-state index contributed by atoms with van der Waals surface area (Å²) in [5.41, 5.74) is -0.264. The number of ether oxygens (including phenoxy) is 4. The van der Waals surface area contributed by atoms with Crippen molar-refractivity contribution in [3.63, 3.8) is 0 Å². The highest BCUT2D eigenvalue weighted by molar-refractivity contribution is 9.10. The number of carbonyl (C=O) groups excluding carboxylic acids is 3. The third-order valence-electron chi connectivity index (χ3n) is 2.40. The van der Waals surface area contributed by atoms with Crippen LogP contribution >= 0.6 is 15.9 Å². The van der Waals surface area contributed by atoms with Gasteiger partial charge >= 0.3 is 17.9 Å². The molecule has 0 aromatic heterocycles. The average molecular weight is 337 g/mol. The summed E-state index contributed by atoms with van der Waals surface area (Å²) >= 11 is 3.07. The summed E-state index contributed by atoms with van der Waals surface area (Å²) in [5.74, 6) is -2.83. The van der Waals surface area contributed by atoms with Gasteiger partial charge in [-0.1, -0.05) is 15.9 Å². The zero-order chi connectivity index (χ0) is 14.6. The van der Waals surface area contributed by atoms with Crippen LogP contribution in [0.15, 0.2) is 11.3 Å². The van der Waals surface area contributed by atoms with Gasteiger partial charge < -0.3 is 18.9 Å². The Balaban J connectivity index is 3.28. The number of hydrogen-bond donors (Lipinski definition) is 0. The van der Waals surface area contributed by atoms with E-state index in [1.807, 2.05) is 0 Å². The largest absolute Gasteiger partial charge is 0.484 e. The summed E-state index contributed by atoms with van der Waals surface area (Å²) in [5, 5.41) is 0. The summed E-state index contributed by atoms with van der Waals surface area (Å²) in [6.45, 7) is 1.44. The van der Waals surface area contributed by atoms with Crippen LogP contribution in [0.2, 0.25) is 0 Å². The first-order valence-electron chi connectivity index (χ1n) is 5.32. The molecule has 0 aromatic rings. The van der Waals surface area contributed by atoms with E-state index in [4.69, 9.17) is 9.47 Å². The smallest absolute Gasteiger partial charge is 0.374 e. The molecule has 0 spiro atoms. The van der Waals surface area contributed by atoms with Crippen molar-refractivity contribution in [1.29, 1.82) is 0 Å². The normalized spacial score (nSPS) is 21.7. The van der Waals surface area contributed by atoms with E-state index in [1.54, 1.807) is 6.92 Å². The van der Waals surface area contributed by atoms with E-state index in [9.17, 15) is 14.4 Å². The first kappa shape index (κ1) is 15.5. The van der Waals surface area contributed by atoms with Crippen molar-refractivity contribution in [1.82, 2.24) is 0 Å². The minimum atomic E-state index is -1.57. The van der Waals surface area contributed by atoms with Crippen LogP contribution in [0.5, 0.6) is 0 Å². The maximum atomic E-state index is 11.8. The van der Waals surface area contributed by atoms with Crippen LogP contribution in [0.25, 0.3) is 0 Å². The van der Waals surface area contributed by atoms with E-state index in [0.717, 1.165) is 14.2 Å². The van der Waals surface area contributed by atoms with Crippen molar-refractivity contribution < 1.29 is 33.3 Å². The van der Waals surface area contributed by atoms with Gasteiger partial charge in [-0.2, -0.15) is 0 Å².